The number of fused-ring (bicyclic) bond motifs is 1. The van der Waals surface area contributed by atoms with Crippen LogP contribution < -0.4 is 10.5 Å². The second kappa shape index (κ2) is 6.41. The minimum absolute atomic E-state index is 0.259. The zero-order chi connectivity index (χ0) is 17.3. The predicted octanol–water partition coefficient (Wildman–Crippen LogP) is 3.23. The summed E-state index contributed by atoms with van der Waals surface area (Å²) in [5.41, 5.74) is 0.275. The van der Waals surface area contributed by atoms with E-state index in [1.54, 1.807) is 49.1 Å². The topological polar surface area (TPSA) is 73.4 Å². The van der Waals surface area contributed by atoms with Crippen molar-refractivity contribution in [1.82, 2.24) is 4.98 Å². The molecule has 0 unspecified atom stereocenters. The summed E-state index contributed by atoms with van der Waals surface area (Å²) >= 11 is 1.56. The number of carbonyl (C=O) groups is 1. The van der Waals surface area contributed by atoms with Crippen LogP contribution in [0.15, 0.2) is 58.2 Å². The summed E-state index contributed by atoms with van der Waals surface area (Å²) in [5, 5.41) is 10.9. The van der Waals surface area contributed by atoms with Gasteiger partial charge >= 0.3 is 0 Å². The van der Waals surface area contributed by atoms with Crippen LogP contribution in [-0.4, -0.2) is 29.3 Å². The Labute approximate surface area is 142 Å². The molecule has 0 aliphatic carbocycles. The molecule has 0 radical (unpaired) electrons. The van der Waals surface area contributed by atoms with E-state index in [4.69, 9.17) is 0 Å². The van der Waals surface area contributed by atoms with Gasteiger partial charge in [-0.15, -0.1) is 11.8 Å². The largest absolute Gasteiger partial charge is 0.506 e. The van der Waals surface area contributed by atoms with Crippen molar-refractivity contribution >= 4 is 34.3 Å². The summed E-state index contributed by atoms with van der Waals surface area (Å²) in [6.07, 6.45) is 1.95. The first kappa shape index (κ1) is 16.1. The van der Waals surface area contributed by atoms with Crippen LogP contribution in [0.4, 0.5) is 5.69 Å². The summed E-state index contributed by atoms with van der Waals surface area (Å²) in [7, 11) is 1.58. The van der Waals surface area contributed by atoms with E-state index in [2.05, 4.69) is 4.98 Å². The lowest BCUT2D eigenvalue weighted by Gasteiger charge is -2.18. The van der Waals surface area contributed by atoms with E-state index in [0.717, 1.165) is 4.90 Å². The predicted molar refractivity (Wildman–Crippen MR) is 97.2 cm³/mol. The van der Waals surface area contributed by atoms with Gasteiger partial charge in [-0.3, -0.25) is 9.59 Å². The number of aromatic hydroxyl groups is 1. The van der Waals surface area contributed by atoms with Crippen LogP contribution in [0.25, 0.3) is 10.9 Å². The molecule has 0 fully saturated rings. The summed E-state index contributed by atoms with van der Waals surface area (Å²) in [4.78, 5) is 30.1. The summed E-state index contributed by atoms with van der Waals surface area (Å²) in [6, 6.07) is 14.2. The number of thioether (sulfide) groups is 1. The Balaban J connectivity index is 2.09. The lowest BCUT2D eigenvalue weighted by Crippen LogP contribution is -2.31. The van der Waals surface area contributed by atoms with Crippen LogP contribution in [0, 0.1) is 0 Å². The SMILES string of the molecule is CSc1cccc(N(C)C(=O)c2c(O)c3ccccc3[nH]c2=O)c1. The zero-order valence-electron chi connectivity index (χ0n) is 13.2. The lowest BCUT2D eigenvalue weighted by molar-refractivity contribution is 0.0989. The molecule has 0 atom stereocenters. The number of anilines is 1. The highest BCUT2D eigenvalue weighted by Crippen LogP contribution is 2.27. The van der Waals surface area contributed by atoms with E-state index in [9.17, 15) is 14.7 Å². The summed E-state index contributed by atoms with van der Waals surface area (Å²) in [5.74, 6) is -0.857. The number of aromatic nitrogens is 1. The molecule has 122 valence electrons. The number of hydrogen-bond donors (Lipinski definition) is 2. The first-order chi connectivity index (χ1) is 11.5. The fourth-order valence-corrected chi connectivity index (χ4v) is 2.98. The Kier molecular flexibility index (Phi) is 4.31. The molecule has 3 aromatic rings. The lowest BCUT2D eigenvalue weighted by atomic mass is 10.1. The van der Waals surface area contributed by atoms with Crippen molar-refractivity contribution in [3.63, 3.8) is 0 Å². The Hall–Kier alpha value is -2.73. The van der Waals surface area contributed by atoms with Crippen molar-refractivity contribution in [3.05, 3.63) is 64.4 Å². The molecule has 0 aliphatic rings. The maximum absolute atomic E-state index is 12.8. The Morgan fingerprint density at radius 2 is 1.92 bits per heavy atom. The van der Waals surface area contributed by atoms with Crippen LogP contribution >= 0.6 is 11.8 Å². The van der Waals surface area contributed by atoms with E-state index < -0.39 is 11.5 Å². The second-order valence-electron chi connectivity index (χ2n) is 5.29. The molecule has 1 amide bonds. The van der Waals surface area contributed by atoms with Gasteiger partial charge in [0.1, 0.15) is 11.3 Å². The van der Waals surface area contributed by atoms with Crippen molar-refractivity contribution < 1.29 is 9.90 Å². The van der Waals surface area contributed by atoms with E-state index in [1.165, 1.54) is 4.90 Å². The van der Waals surface area contributed by atoms with Gasteiger partial charge < -0.3 is 15.0 Å². The first-order valence-corrected chi connectivity index (χ1v) is 8.51. The Morgan fingerprint density at radius 3 is 2.67 bits per heavy atom. The summed E-state index contributed by atoms with van der Waals surface area (Å²) in [6.45, 7) is 0. The number of amides is 1. The highest BCUT2D eigenvalue weighted by molar-refractivity contribution is 7.98. The zero-order valence-corrected chi connectivity index (χ0v) is 14.1. The Morgan fingerprint density at radius 1 is 1.17 bits per heavy atom. The standard InChI is InChI=1S/C18H16N2O3S/c1-20(11-6-5-7-12(10-11)24-2)18(23)15-16(21)13-8-3-4-9-14(13)19-17(15)22/h3-10H,1-2H3,(H2,19,21,22). The highest BCUT2D eigenvalue weighted by Gasteiger charge is 2.23. The Bertz CT molecular complexity index is 981. The third kappa shape index (κ3) is 2.76. The molecule has 0 saturated heterocycles. The molecule has 0 aliphatic heterocycles. The van der Waals surface area contributed by atoms with Gasteiger partial charge in [0, 0.05) is 23.0 Å². The van der Waals surface area contributed by atoms with Gasteiger partial charge in [-0.1, -0.05) is 18.2 Å². The van der Waals surface area contributed by atoms with Crippen molar-refractivity contribution in [2.24, 2.45) is 0 Å². The number of hydrogen-bond acceptors (Lipinski definition) is 4. The molecule has 1 heterocycles. The number of carbonyl (C=O) groups excluding carboxylic acids is 1. The quantitative estimate of drug-likeness (QED) is 0.718. The van der Waals surface area contributed by atoms with E-state index >= 15 is 0 Å². The minimum atomic E-state index is -0.607. The molecule has 0 spiro atoms. The fraction of sp³-hybridized carbons (Fsp3) is 0.111. The normalized spacial score (nSPS) is 10.8. The fourth-order valence-electron chi connectivity index (χ4n) is 2.53. The number of benzene rings is 2. The first-order valence-electron chi connectivity index (χ1n) is 7.29. The number of para-hydroxylation sites is 1. The molecule has 0 bridgehead atoms. The molecule has 1 aromatic heterocycles. The molecular formula is C18H16N2O3S. The van der Waals surface area contributed by atoms with Gasteiger partial charge in [-0.25, -0.2) is 0 Å². The molecule has 2 N–H and O–H groups in total. The van der Waals surface area contributed by atoms with Crippen molar-refractivity contribution in [2.75, 3.05) is 18.2 Å². The second-order valence-corrected chi connectivity index (χ2v) is 6.17. The number of nitrogens with one attached hydrogen (secondary N) is 1. The third-order valence-corrected chi connectivity index (χ3v) is 4.58. The number of aromatic amines is 1. The average Bonchev–Trinajstić information content (AvgIpc) is 2.61. The minimum Gasteiger partial charge on any atom is -0.506 e. The number of pyridine rings is 1. The van der Waals surface area contributed by atoms with E-state index in [1.807, 2.05) is 24.5 Å². The van der Waals surface area contributed by atoms with Crippen LogP contribution in [-0.2, 0) is 0 Å². The third-order valence-electron chi connectivity index (χ3n) is 3.85. The monoisotopic (exact) mass is 340 g/mol. The molecule has 0 saturated carbocycles. The van der Waals surface area contributed by atoms with Crippen LogP contribution in [0.2, 0.25) is 0 Å². The van der Waals surface area contributed by atoms with Gasteiger partial charge in [-0.2, -0.15) is 0 Å². The number of rotatable bonds is 3. The number of nitrogens with zero attached hydrogens (tertiary/aromatic N) is 1. The van der Waals surface area contributed by atoms with E-state index in [0.29, 0.717) is 16.6 Å². The molecule has 2 aromatic carbocycles. The molecule has 24 heavy (non-hydrogen) atoms. The van der Waals surface area contributed by atoms with Gasteiger partial charge in [0.05, 0.1) is 5.52 Å². The summed E-state index contributed by atoms with van der Waals surface area (Å²) < 4.78 is 0. The molecule has 3 rings (SSSR count). The maximum atomic E-state index is 12.8. The van der Waals surface area contributed by atoms with Gasteiger partial charge in [0.2, 0.25) is 0 Å². The molecular weight excluding hydrogens is 324 g/mol. The van der Waals surface area contributed by atoms with Crippen LogP contribution in [0.5, 0.6) is 5.75 Å². The highest BCUT2D eigenvalue weighted by atomic mass is 32.2. The van der Waals surface area contributed by atoms with Crippen LogP contribution in [0.3, 0.4) is 0 Å². The van der Waals surface area contributed by atoms with Crippen molar-refractivity contribution in [3.8, 4) is 5.75 Å². The van der Waals surface area contributed by atoms with Crippen molar-refractivity contribution in [1.29, 1.82) is 0 Å². The maximum Gasteiger partial charge on any atom is 0.267 e. The van der Waals surface area contributed by atoms with Gasteiger partial charge in [-0.05, 0) is 36.6 Å². The number of H-pyrrole nitrogens is 1. The van der Waals surface area contributed by atoms with Gasteiger partial charge in [0.15, 0.2) is 0 Å². The van der Waals surface area contributed by atoms with Crippen LogP contribution in [0.1, 0.15) is 10.4 Å². The average molecular weight is 340 g/mol. The molecule has 5 nitrogen and oxygen atoms in total. The van der Waals surface area contributed by atoms with Gasteiger partial charge in [0.25, 0.3) is 11.5 Å². The van der Waals surface area contributed by atoms with E-state index in [-0.39, 0.29) is 11.3 Å². The molecule has 6 heteroatoms. The van der Waals surface area contributed by atoms with Crippen molar-refractivity contribution in [2.45, 2.75) is 4.90 Å². The smallest absolute Gasteiger partial charge is 0.267 e.